The van der Waals surface area contributed by atoms with Crippen molar-refractivity contribution in [3.63, 3.8) is 0 Å². The fourth-order valence-corrected chi connectivity index (χ4v) is 2.89. The lowest BCUT2D eigenvalue weighted by Crippen LogP contribution is -2.40. The first kappa shape index (κ1) is 13.4. The van der Waals surface area contributed by atoms with Crippen LogP contribution in [0.25, 0.3) is 0 Å². The average Bonchev–Trinajstić information content (AvgIpc) is 3.20. The van der Waals surface area contributed by atoms with Crippen molar-refractivity contribution in [2.24, 2.45) is 0 Å². The third-order valence-corrected chi connectivity index (χ3v) is 4.46. The molecule has 1 heterocycles. The van der Waals surface area contributed by atoms with Crippen molar-refractivity contribution in [3.05, 3.63) is 60.1 Å². The lowest BCUT2D eigenvalue weighted by Gasteiger charge is -2.33. The van der Waals surface area contributed by atoms with Crippen molar-refractivity contribution >= 4 is 0 Å². The molecule has 1 aliphatic carbocycles. The van der Waals surface area contributed by atoms with Gasteiger partial charge in [-0.3, -0.25) is 0 Å². The van der Waals surface area contributed by atoms with Crippen molar-refractivity contribution in [1.29, 1.82) is 0 Å². The second-order valence-electron chi connectivity index (χ2n) is 5.91. The van der Waals surface area contributed by atoms with E-state index in [1.807, 2.05) is 6.07 Å². The minimum Gasteiger partial charge on any atom is -0.469 e. The lowest BCUT2D eigenvalue weighted by atomic mass is 9.74. The van der Waals surface area contributed by atoms with E-state index >= 15 is 0 Å². The van der Waals surface area contributed by atoms with E-state index in [4.69, 9.17) is 4.42 Å². The van der Waals surface area contributed by atoms with Gasteiger partial charge in [0.15, 0.2) is 0 Å². The van der Waals surface area contributed by atoms with E-state index < -0.39 is 0 Å². The molecule has 2 aromatic rings. The Morgan fingerprint density at radius 1 is 1.15 bits per heavy atom. The topological polar surface area (TPSA) is 25.2 Å². The summed E-state index contributed by atoms with van der Waals surface area (Å²) in [5, 5.41) is 3.72. The number of nitrogens with one attached hydrogen (secondary N) is 1. The molecule has 1 aromatic heterocycles. The van der Waals surface area contributed by atoms with Gasteiger partial charge >= 0.3 is 0 Å². The van der Waals surface area contributed by atoms with E-state index in [1.165, 1.54) is 18.4 Å². The molecule has 1 aliphatic rings. The summed E-state index contributed by atoms with van der Waals surface area (Å²) >= 11 is 0. The molecule has 2 nitrogen and oxygen atoms in total. The Morgan fingerprint density at radius 3 is 2.55 bits per heavy atom. The van der Waals surface area contributed by atoms with Crippen LogP contribution in [0.2, 0.25) is 0 Å². The summed E-state index contributed by atoms with van der Waals surface area (Å²) in [6, 6.07) is 15.7. The molecular formula is C18H23NO. The summed E-state index contributed by atoms with van der Waals surface area (Å²) in [6.07, 6.45) is 6.50. The summed E-state index contributed by atoms with van der Waals surface area (Å²) in [5.74, 6) is 1.08. The Balaban J connectivity index is 1.86. The maximum atomic E-state index is 5.61. The standard InChI is InChI=1S/C18H23NO/c1-2-18(14-19-16-10-11-16,13-17-9-6-12-20-17)15-7-4-3-5-8-15/h3-9,12,16,19H,2,10-11,13-14H2,1H3. The van der Waals surface area contributed by atoms with Gasteiger partial charge in [0.25, 0.3) is 0 Å². The van der Waals surface area contributed by atoms with Crippen molar-refractivity contribution in [2.75, 3.05) is 6.54 Å². The average molecular weight is 269 g/mol. The predicted octanol–water partition coefficient (Wildman–Crippen LogP) is 3.92. The second kappa shape index (κ2) is 5.84. The molecule has 1 N–H and O–H groups in total. The highest BCUT2D eigenvalue weighted by Gasteiger charge is 2.33. The van der Waals surface area contributed by atoms with E-state index in [-0.39, 0.29) is 5.41 Å². The van der Waals surface area contributed by atoms with Crippen molar-refractivity contribution in [1.82, 2.24) is 5.32 Å². The van der Waals surface area contributed by atoms with Crippen LogP contribution in [0.3, 0.4) is 0 Å². The molecular weight excluding hydrogens is 246 g/mol. The molecule has 106 valence electrons. The van der Waals surface area contributed by atoms with Gasteiger partial charge in [-0.15, -0.1) is 0 Å². The number of rotatable bonds is 7. The van der Waals surface area contributed by atoms with Gasteiger partial charge in [-0.2, -0.15) is 0 Å². The summed E-state index contributed by atoms with van der Waals surface area (Å²) in [5.41, 5.74) is 1.54. The maximum absolute atomic E-state index is 5.61. The lowest BCUT2D eigenvalue weighted by molar-refractivity contribution is 0.345. The zero-order valence-corrected chi connectivity index (χ0v) is 12.1. The number of benzene rings is 1. The molecule has 1 fully saturated rings. The maximum Gasteiger partial charge on any atom is 0.104 e. The fourth-order valence-electron chi connectivity index (χ4n) is 2.89. The molecule has 0 radical (unpaired) electrons. The van der Waals surface area contributed by atoms with Crippen LogP contribution in [0.1, 0.15) is 37.5 Å². The van der Waals surface area contributed by atoms with Gasteiger partial charge in [0.2, 0.25) is 0 Å². The van der Waals surface area contributed by atoms with Crippen LogP contribution >= 0.6 is 0 Å². The van der Waals surface area contributed by atoms with Gasteiger partial charge < -0.3 is 9.73 Å². The predicted molar refractivity (Wildman–Crippen MR) is 81.8 cm³/mol. The van der Waals surface area contributed by atoms with Crippen LogP contribution in [0, 0.1) is 0 Å². The first-order valence-electron chi connectivity index (χ1n) is 7.64. The fraction of sp³-hybridized carbons (Fsp3) is 0.444. The van der Waals surface area contributed by atoms with Crippen LogP contribution < -0.4 is 5.32 Å². The van der Waals surface area contributed by atoms with Gasteiger partial charge in [-0.1, -0.05) is 37.3 Å². The zero-order valence-electron chi connectivity index (χ0n) is 12.1. The summed E-state index contributed by atoms with van der Waals surface area (Å²) in [7, 11) is 0. The molecule has 0 saturated heterocycles. The van der Waals surface area contributed by atoms with Crippen molar-refractivity contribution < 1.29 is 4.42 Å². The molecule has 2 heteroatoms. The van der Waals surface area contributed by atoms with E-state index in [0.717, 1.165) is 31.2 Å². The summed E-state index contributed by atoms with van der Waals surface area (Å²) in [6.45, 7) is 3.31. The molecule has 1 atom stereocenters. The molecule has 0 bridgehead atoms. The SMILES string of the molecule is CCC(CNC1CC1)(Cc1ccco1)c1ccccc1. The molecule has 1 saturated carbocycles. The normalized spacial score (nSPS) is 17.9. The molecule has 0 spiro atoms. The highest BCUT2D eigenvalue weighted by Crippen LogP contribution is 2.33. The smallest absolute Gasteiger partial charge is 0.104 e. The minimum atomic E-state index is 0.127. The Hall–Kier alpha value is -1.54. The first-order chi connectivity index (χ1) is 9.82. The Morgan fingerprint density at radius 2 is 1.95 bits per heavy atom. The van der Waals surface area contributed by atoms with Gasteiger partial charge in [-0.25, -0.2) is 0 Å². The van der Waals surface area contributed by atoms with Crippen LogP contribution in [0.15, 0.2) is 53.1 Å². The van der Waals surface area contributed by atoms with Gasteiger partial charge in [0.1, 0.15) is 5.76 Å². The number of hydrogen-bond donors (Lipinski definition) is 1. The van der Waals surface area contributed by atoms with E-state index in [0.29, 0.717) is 0 Å². The van der Waals surface area contributed by atoms with Crippen LogP contribution in [0.4, 0.5) is 0 Å². The monoisotopic (exact) mass is 269 g/mol. The van der Waals surface area contributed by atoms with E-state index in [9.17, 15) is 0 Å². The quantitative estimate of drug-likeness (QED) is 0.824. The van der Waals surface area contributed by atoms with Gasteiger partial charge in [-0.05, 0) is 37.0 Å². The molecule has 3 rings (SSSR count). The molecule has 0 amide bonds. The van der Waals surface area contributed by atoms with Crippen LogP contribution in [-0.4, -0.2) is 12.6 Å². The Kier molecular flexibility index (Phi) is 3.93. The molecule has 1 unspecified atom stereocenters. The highest BCUT2D eigenvalue weighted by molar-refractivity contribution is 5.28. The summed E-state index contributed by atoms with van der Waals surface area (Å²) < 4.78 is 5.61. The molecule has 20 heavy (non-hydrogen) atoms. The second-order valence-corrected chi connectivity index (χ2v) is 5.91. The first-order valence-corrected chi connectivity index (χ1v) is 7.64. The van der Waals surface area contributed by atoms with Gasteiger partial charge in [0, 0.05) is 24.4 Å². The zero-order chi connectivity index (χ0) is 13.8. The number of furan rings is 1. The van der Waals surface area contributed by atoms with Crippen LogP contribution in [-0.2, 0) is 11.8 Å². The number of hydrogen-bond acceptors (Lipinski definition) is 2. The highest BCUT2D eigenvalue weighted by atomic mass is 16.3. The Bertz CT molecular complexity index is 516. The third kappa shape index (κ3) is 2.96. The van der Waals surface area contributed by atoms with E-state index in [1.54, 1.807) is 6.26 Å². The largest absolute Gasteiger partial charge is 0.469 e. The summed E-state index contributed by atoms with van der Waals surface area (Å²) in [4.78, 5) is 0. The third-order valence-electron chi connectivity index (χ3n) is 4.46. The molecule has 0 aliphatic heterocycles. The van der Waals surface area contributed by atoms with Crippen molar-refractivity contribution in [2.45, 2.75) is 44.1 Å². The Labute approximate surface area is 121 Å². The molecule has 1 aromatic carbocycles. The van der Waals surface area contributed by atoms with Gasteiger partial charge in [0.05, 0.1) is 6.26 Å². The van der Waals surface area contributed by atoms with Crippen molar-refractivity contribution in [3.8, 4) is 0 Å². The minimum absolute atomic E-state index is 0.127. The van der Waals surface area contributed by atoms with Crippen LogP contribution in [0.5, 0.6) is 0 Å². The van der Waals surface area contributed by atoms with E-state index in [2.05, 4.69) is 48.6 Å².